The van der Waals surface area contributed by atoms with Gasteiger partial charge in [-0.2, -0.15) is 0 Å². The van der Waals surface area contributed by atoms with E-state index in [0.29, 0.717) is 6.61 Å². The number of nitrogens with one attached hydrogen (secondary N) is 1. The van der Waals surface area contributed by atoms with E-state index in [2.05, 4.69) is 12.2 Å². The molecule has 0 saturated carbocycles. The Morgan fingerprint density at radius 1 is 1.10 bits per heavy atom. The third-order valence-corrected chi connectivity index (χ3v) is 5.75. The quantitative estimate of drug-likeness (QED) is 0.205. The molecule has 10 heteroatoms. The predicted octanol–water partition coefficient (Wildman–Crippen LogP) is 0.704. The van der Waals surface area contributed by atoms with Crippen molar-refractivity contribution in [2.75, 3.05) is 25.5 Å². The minimum atomic E-state index is -4.26. The summed E-state index contributed by atoms with van der Waals surface area (Å²) in [5.41, 5.74) is 0. The van der Waals surface area contributed by atoms with E-state index in [9.17, 15) is 17.8 Å². The maximum Gasteiger partial charge on any atom is 1.00 e. The minimum absolute atomic E-state index is 0. The number of hydrogen-bond acceptors (Lipinski definition) is 7. The molecular weight excluding hydrogens is 421 g/mol. The summed E-state index contributed by atoms with van der Waals surface area (Å²) in [5, 5.41) is 2.41. The molecule has 2 atom stereocenters. The second-order valence-corrected chi connectivity index (χ2v) is 9.43. The van der Waals surface area contributed by atoms with Crippen molar-refractivity contribution in [1.82, 2.24) is 5.32 Å². The summed E-state index contributed by atoms with van der Waals surface area (Å²) in [7, 11) is -4.26. The molecule has 30 heavy (non-hydrogen) atoms. The topological polar surface area (TPSA) is 114 Å². The van der Waals surface area contributed by atoms with Crippen LogP contribution in [0.3, 0.4) is 0 Å². The van der Waals surface area contributed by atoms with E-state index in [-0.39, 0.29) is 55.2 Å². The largest absolute Gasteiger partial charge is 1.00 e. The fourth-order valence-electron chi connectivity index (χ4n) is 3.32. The van der Waals surface area contributed by atoms with Crippen molar-refractivity contribution in [3.05, 3.63) is 0 Å². The number of rotatable bonds is 16. The maximum atomic E-state index is 11.6. The third-order valence-electron chi connectivity index (χ3n) is 4.97. The fourth-order valence-corrected chi connectivity index (χ4v) is 3.82. The van der Waals surface area contributed by atoms with E-state index >= 15 is 0 Å². The molecule has 1 fully saturated rings. The van der Waals surface area contributed by atoms with Crippen LogP contribution < -0.4 is 34.9 Å². The molecule has 1 amide bonds. The van der Waals surface area contributed by atoms with E-state index in [4.69, 9.17) is 14.2 Å². The number of unbranched alkanes of at least 4 members (excludes halogenated alkanes) is 8. The van der Waals surface area contributed by atoms with Crippen molar-refractivity contribution in [2.24, 2.45) is 0 Å². The molecule has 0 aliphatic carbocycles. The number of carbonyl (C=O) groups is 1. The van der Waals surface area contributed by atoms with Gasteiger partial charge in [0.2, 0.25) is 0 Å². The summed E-state index contributed by atoms with van der Waals surface area (Å²) < 4.78 is 48.2. The van der Waals surface area contributed by atoms with E-state index in [1.54, 1.807) is 0 Å². The zero-order chi connectivity index (χ0) is 21.6. The van der Waals surface area contributed by atoms with Gasteiger partial charge >= 0.3 is 35.7 Å². The van der Waals surface area contributed by atoms with Crippen molar-refractivity contribution in [1.29, 1.82) is 0 Å². The monoisotopic (exact) mass is 459 g/mol. The van der Waals surface area contributed by atoms with Crippen LogP contribution in [0, 0.1) is 0 Å². The van der Waals surface area contributed by atoms with Gasteiger partial charge in [-0.15, -0.1) is 0 Å². The van der Waals surface area contributed by atoms with Gasteiger partial charge in [-0.05, 0) is 19.8 Å². The Balaban J connectivity index is 0.00000841. The zero-order valence-electron chi connectivity index (χ0n) is 18.9. The van der Waals surface area contributed by atoms with Gasteiger partial charge in [0, 0.05) is 18.7 Å². The van der Waals surface area contributed by atoms with Crippen molar-refractivity contribution in [3.8, 4) is 0 Å². The van der Waals surface area contributed by atoms with E-state index in [1.807, 2.05) is 6.92 Å². The fraction of sp³-hybridized carbons (Fsp3) is 0.950. The molecule has 1 N–H and O–H groups in total. The van der Waals surface area contributed by atoms with Crippen LogP contribution in [-0.2, 0) is 24.3 Å². The molecule has 1 heterocycles. The van der Waals surface area contributed by atoms with E-state index in [0.717, 1.165) is 12.8 Å². The van der Waals surface area contributed by atoms with Crippen LogP contribution in [0.15, 0.2) is 0 Å². The molecule has 1 saturated heterocycles. The van der Waals surface area contributed by atoms with Gasteiger partial charge in [0.1, 0.15) is 12.7 Å². The summed E-state index contributed by atoms with van der Waals surface area (Å²) in [4.78, 5) is 11.6. The molecule has 0 aromatic rings. The molecule has 0 aromatic heterocycles. The Morgan fingerprint density at radius 3 is 2.30 bits per heavy atom. The van der Waals surface area contributed by atoms with Crippen LogP contribution >= 0.6 is 0 Å². The Labute approximate surface area is 204 Å². The Kier molecular flexibility index (Phi) is 16.7. The van der Waals surface area contributed by atoms with Crippen LogP contribution in [0.4, 0.5) is 4.79 Å². The zero-order valence-corrected chi connectivity index (χ0v) is 21.8. The maximum absolute atomic E-state index is 11.6. The summed E-state index contributed by atoms with van der Waals surface area (Å²) in [6, 6.07) is 0. The van der Waals surface area contributed by atoms with Gasteiger partial charge in [-0.25, -0.2) is 13.2 Å². The van der Waals surface area contributed by atoms with Crippen LogP contribution in [0.2, 0.25) is 0 Å². The molecule has 2 unspecified atom stereocenters. The normalized spacial score (nSPS) is 21.2. The molecule has 0 bridgehead atoms. The summed E-state index contributed by atoms with van der Waals surface area (Å²) >= 11 is 0. The first kappa shape index (κ1) is 30.1. The van der Waals surface area contributed by atoms with Gasteiger partial charge in [0.15, 0.2) is 5.79 Å². The summed E-state index contributed by atoms with van der Waals surface area (Å²) in [5.74, 6) is -1.14. The molecule has 0 radical (unpaired) electrons. The number of alkyl carbamates (subject to hydrolysis) is 1. The number of hydrogen-bond donors (Lipinski definition) is 1. The molecular formula is C20H38NNaO7S. The van der Waals surface area contributed by atoms with Crippen molar-refractivity contribution < 1.29 is 61.5 Å². The first-order valence-electron chi connectivity index (χ1n) is 10.9. The Hall–Kier alpha value is 0.1000. The first-order valence-corrected chi connectivity index (χ1v) is 12.5. The molecule has 0 spiro atoms. The molecule has 1 rings (SSSR count). The second-order valence-electron chi connectivity index (χ2n) is 7.90. The number of ether oxygens (including phenoxy) is 3. The molecule has 1 aliphatic rings. The van der Waals surface area contributed by atoms with Crippen molar-refractivity contribution in [3.63, 3.8) is 0 Å². The smallest absolute Gasteiger partial charge is 0.748 e. The van der Waals surface area contributed by atoms with Gasteiger partial charge in [0.25, 0.3) is 0 Å². The minimum Gasteiger partial charge on any atom is -0.748 e. The standard InChI is InChI=1S/C20H39NO7S.Na/c1-3-4-5-6-7-8-9-10-11-13-20(2)27-17-18(28-20)16-26-19(22)21-14-12-15-29(23,24)25;/h18H,3-17H2,1-2H3,(H,21,22)(H,23,24,25);/q;+1/p-1. The van der Waals surface area contributed by atoms with Crippen LogP contribution in [0.5, 0.6) is 0 Å². The number of carbonyl (C=O) groups excluding carboxylic acids is 1. The van der Waals surface area contributed by atoms with E-state index in [1.165, 1.54) is 51.4 Å². The third kappa shape index (κ3) is 15.8. The average Bonchev–Trinajstić information content (AvgIpc) is 3.03. The second kappa shape index (κ2) is 16.7. The Bertz CT molecular complexity index is 561. The van der Waals surface area contributed by atoms with Gasteiger partial charge in [0.05, 0.1) is 16.7 Å². The van der Waals surface area contributed by atoms with Gasteiger partial charge in [-0.1, -0.05) is 58.3 Å². The Morgan fingerprint density at radius 2 is 1.70 bits per heavy atom. The first-order chi connectivity index (χ1) is 13.7. The summed E-state index contributed by atoms with van der Waals surface area (Å²) in [6.07, 6.45) is 11.3. The average molecular weight is 460 g/mol. The van der Waals surface area contributed by atoms with Crippen molar-refractivity contribution >= 4 is 16.2 Å². The summed E-state index contributed by atoms with van der Waals surface area (Å²) in [6.45, 7) is 4.66. The van der Waals surface area contributed by atoms with Crippen LogP contribution in [0.25, 0.3) is 0 Å². The van der Waals surface area contributed by atoms with Crippen LogP contribution in [0.1, 0.15) is 84.5 Å². The SMILES string of the molecule is CCCCCCCCCCCC1(C)OCC(COC(=O)NCCCS(=O)(=O)[O-])O1.[Na+]. The number of amides is 1. The van der Waals surface area contributed by atoms with Gasteiger partial charge in [-0.3, -0.25) is 0 Å². The molecule has 0 aromatic carbocycles. The molecule has 172 valence electrons. The van der Waals surface area contributed by atoms with Crippen molar-refractivity contribution in [2.45, 2.75) is 96.4 Å². The molecule has 1 aliphatic heterocycles. The predicted molar refractivity (Wildman–Crippen MR) is 110 cm³/mol. The molecule has 8 nitrogen and oxygen atoms in total. The van der Waals surface area contributed by atoms with Gasteiger partial charge < -0.3 is 24.1 Å². The van der Waals surface area contributed by atoms with Crippen LogP contribution in [-0.4, -0.2) is 56.5 Å². The van der Waals surface area contributed by atoms with E-state index < -0.39 is 27.8 Å².